The molecule has 0 bridgehead atoms. The molecule has 0 spiro atoms. The zero-order valence-corrected chi connectivity index (χ0v) is 12.2. The Hall–Kier alpha value is -1.54. The number of hydrogen-bond donors (Lipinski definition) is 0. The summed E-state index contributed by atoms with van der Waals surface area (Å²) in [4.78, 5) is 4.21. The molecule has 0 N–H and O–H groups in total. The fourth-order valence-corrected chi connectivity index (χ4v) is 2.25. The zero-order chi connectivity index (χ0) is 13.8. The Morgan fingerprint density at radius 3 is 2.63 bits per heavy atom. The van der Waals surface area contributed by atoms with E-state index in [1.165, 1.54) is 11.1 Å². The summed E-state index contributed by atoms with van der Waals surface area (Å²) < 4.78 is 5.74. The molecule has 2 rings (SSSR count). The summed E-state index contributed by atoms with van der Waals surface area (Å²) in [6.07, 6.45) is 1.69. The van der Waals surface area contributed by atoms with Gasteiger partial charge in [-0.3, -0.25) is 4.98 Å². The van der Waals surface area contributed by atoms with Crippen LogP contribution in [0.1, 0.15) is 36.6 Å². The molecular formula is C16H18ClNO. The Morgan fingerprint density at radius 1 is 1.21 bits per heavy atom. The Balaban J connectivity index is 2.06. The van der Waals surface area contributed by atoms with E-state index in [4.69, 9.17) is 16.3 Å². The number of ether oxygens (including phenoxy) is 1. The van der Waals surface area contributed by atoms with E-state index in [2.05, 4.69) is 37.9 Å². The third-order valence-corrected chi connectivity index (χ3v) is 3.26. The molecule has 0 unspecified atom stereocenters. The second-order valence-electron chi connectivity index (χ2n) is 4.93. The molecule has 0 saturated heterocycles. The number of nitrogens with zero attached hydrogens (tertiary/aromatic N) is 1. The molecule has 1 heterocycles. The molecular weight excluding hydrogens is 258 g/mol. The number of rotatable bonds is 4. The molecule has 0 saturated carbocycles. The number of halogens is 1. The van der Waals surface area contributed by atoms with Crippen molar-refractivity contribution in [2.24, 2.45) is 0 Å². The average Bonchev–Trinajstić information content (AvgIpc) is 2.36. The van der Waals surface area contributed by atoms with Crippen LogP contribution in [0.5, 0.6) is 5.75 Å². The molecule has 1 aromatic heterocycles. The van der Waals surface area contributed by atoms with Gasteiger partial charge < -0.3 is 4.74 Å². The van der Waals surface area contributed by atoms with Crippen molar-refractivity contribution in [2.75, 3.05) is 0 Å². The number of hydrogen-bond acceptors (Lipinski definition) is 2. The summed E-state index contributed by atoms with van der Waals surface area (Å²) in [6, 6.07) is 9.77. The van der Waals surface area contributed by atoms with Gasteiger partial charge in [0.2, 0.25) is 0 Å². The smallest absolute Gasteiger partial charge is 0.130 e. The van der Waals surface area contributed by atoms with Gasteiger partial charge >= 0.3 is 0 Å². The van der Waals surface area contributed by atoms with Crippen molar-refractivity contribution in [3.05, 3.63) is 58.4 Å². The van der Waals surface area contributed by atoms with Crippen molar-refractivity contribution >= 4 is 11.6 Å². The molecule has 2 aromatic rings. The average molecular weight is 276 g/mol. The number of pyridine rings is 1. The van der Waals surface area contributed by atoms with Gasteiger partial charge in [-0.15, -0.1) is 0 Å². The molecule has 0 amide bonds. The zero-order valence-electron chi connectivity index (χ0n) is 11.5. The van der Waals surface area contributed by atoms with Gasteiger partial charge in [0, 0.05) is 11.2 Å². The van der Waals surface area contributed by atoms with Gasteiger partial charge in [-0.1, -0.05) is 31.5 Å². The monoisotopic (exact) mass is 275 g/mol. The molecule has 0 aliphatic rings. The fourth-order valence-electron chi connectivity index (χ4n) is 2.07. The van der Waals surface area contributed by atoms with Crippen molar-refractivity contribution in [3.63, 3.8) is 0 Å². The number of aromatic nitrogens is 1. The van der Waals surface area contributed by atoms with Crippen molar-refractivity contribution in [1.82, 2.24) is 4.98 Å². The van der Waals surface area contributed by atoms with Crippen LogP contribution in [0.3, 0.4) is 0 Å². The molecule has 1 aromatic carbocycles. The minimum absolute atomic E-state index is 0.432. The van der Waals surface area contributed by atoms with Crippen LogP contribution in [0, 0.1) is 6.92 Å². The maximum atomic E-state index is 5.91. The summed E-state index contributed by atoms with van der Waals surface area (Å²) in [7, 11) is 0. The normalized spacial score (nSPS) is 10.8. The van der Waals surface area contributed by atoms with Crippen molar-refractivity contribution < 1.29 is 4.74 Å². The molecule has 2 nitrogen and oxygen atoms in total. The Labute approximate surface area is 119 Å². The number of benzene rings is 1. The van der Waals surface area contributed by atoms with Gasteiger partial charge in [0.15, 0.2) is 0 Å². The number of aryl methyl sites for hydroxylation is 1. The third kappa shape index (κ3) is 3.71. The van der Waals surface area contributed by atoms with Crippen molar-refractivity contribution in [3.8, 4) is 5.75 Å². The molecule has 3 heteroatoms. The molecule has 0 aliphatic heterocycles. The van der Waals surface area contributed by atoms with E-state index in [1.54, 1.807) is 12.3 Å². The largest absolute Gasteiger partial charge is 0.487 e. The quantitative estimate of drug-likeness (QED) is 0.804. The van der Waals surface area contributed by atoms with Crippen LogP contribution in [0.15, 0.2) is 36.5 Å². The lowest BCUT2D eigenvalue weighted by Gasteiger charge is -2.12. The molecule has 0 atom stereocenters. The highest BCUT2D eigenvalue weighted by molar-refractivity contribution is 6.30. The summed E-state index contributed by atoms with van der Waals surface area (Å²) in [5, 5.41) is 0.680. The van der Waals surface area contributed by atoms with Gasteiger partial charge in [-0.25, -0.2) is 0 Å². The lowest BCUT2D eigenvalue weighted by atomic mass is 9.98. The highest BCUT2D eigenvalue weighted by Crippen LogP contribution is 2.24. The van der Waals surface area contributed by atoms with Crippen LogP contribution < -0.4 is 4.74 Å². The SMILES string of the molecule is Cc1cc(OCc2cc(Cl)ccn2)ccc1C(C)C. The van der Waals surface area contributed by atoms with E-state index in [9.17, 15) is 0 Å². The first-order valence-electron chi connectivity index (χ1n) is 6.40. The summed E-state index contributed by atoms with van der Waals surface area (Å²) in [5.74, 6) is 1.40. The predicted octanol–water partition coefficient (Wildman–Crippen LogP) is 4.75. The molecule has 19 heavy (non-hydrogen) atoms. The van der Waals surface area contributed by atoms with Gasteiger partial charge in [0.1, 0.15) is 12.4 Å². The van der Waals surface area contributed by atoms with Gasteiger partial charge in [0.25, 0.3) is 0 Å². The minimum atomic E-state index is 0.432. The van der Waals surface area contributed by atoms with Crippen LogP contribution in [-0.2, 0) is 6.61 Å². The van der Waals surface area contributed by atoms with Crippen LogP contribution in [0.25, 0.3) is 0 Å². The Bertz CT molecular complexity index is 566. The van der Waals surface area contributed by atoms with E-state index in [0.717, 1.165) is 11.4 Å². The maximum absolute atomic E-state index is 5.91. The second kappa shape index (κ2) is 6.07. The van der Waals surface area contributed by atoms with E-state index in [-0.39, 0.29) is 0 Å². The predicted molar refractivity (Wildman–Crippen MR) is 78.8 cm³/mol. The van der Waals surface area contributed by atoms with E-state index >= 15 is 0 Å². The van der Waals surface area contributed by atoms with Crippen LogP contribution in [-0.4, -0.2) is 4.98 Å². The molecule has 0 fully saturated rings. The summed E-state index contributed by atoms with van der Waals surface area (Å²) in [6.45, 7) is 6.93. The van der Waals surface area contributed by atoms with Crippen LogP contribution >= 0.6 is 11.6 Å². The van der Waals surface area contributed by atoms with E-state index < -0.39 is 0 Å². The first-order chi connectivity index (χ1) is 9.06. The summed E-state index contributed by atoms with van der Waals surface area (Å²) >= 11 is 5.91. The minimum Gasteiger partial charge on any atom is -0.487 e. The highest BCUT2D eigenvalue weighted by Gasteiger charge is 2.05. The first-order valence-corrected chi connectivity index (χ1v) is 6.78. The van der Waals surface area contributed by atoms with Crippen molar-refractivity contribution in [1.29, 1.82) is 0 Å². The first kappa shape index (κ1) is 13.9. The van der Waals surface area contributed by atoms with Crippen molar-refractivity contribution in [2.45, 2.75) is 33.3 Å². The van der Waals surface area contributed by atoms with Crippen LogP contribution in [0.4, 0.5) is 0 Å². The van der Waals surface area contributed by atoms with Gasteiger partial charge in [0.05, 0.1) is 5.69 Å². The van der Waals surface area contributed by atoms with E-state index in [0.29, 0.717) is 17.5 Å². The standard InChI is InChI=1S/C16H18ClNO/c1-11(2)16-5-4-15(8-12(16)3)19-10-14-9-13(17)6-7-18-14/h4-9,11H,10H2,1-3H3. The van der Waals surface area contributed by atoms with Gasteiger partial charge in [-0.05, 0) is 48.2 Å². The van der Waals surface area contributed by atoms with E-state index in [1.807, 2.05) is 12.1 Å². The lowest BCUT2D eigenvalue weighted by Crippen LogP contribution is -1.99. The maximum Gasteiger partial charge on any atom is 0.130 e. The fraction of sp³-hybridized carbons (Fsp3) is 0.312. The third-order valence-electron chi connectivity index (χ3n) is 3.03. The van der Waals surface area contributed by atoms with Crippen LogP contribution in [0.2, 0.25) is 5.02 Å². The lowest BCUT2D eigenvalue weighted by molar-refractivity contribution is 0.301. The summed E-state index contributed by atoms with van der Waals surface area (Å²) in [5.41, 5.74) is 3.44. The second-order valence-corrected chi connectivity index (χ2v) is 5.36. The topological polar surface area (TPSA) is 22.1 Å². The Morgan fingerprint density at radius 2 is 2.00 bits per heavy atom. The van der Waals surface area contributed by atoms with Gasteiger partial charge in [-0.2, -0.15) is 0 Å². The highest BCUT2D eigenvalue weighted by atomic mass is 35.5. The molecule has 0 aliphatic carbocycles. The molecule has 100 valence electrons. The molecule has 0 radical (unpaired) electrons. The Kier molecular flexibility index (Phi) is 4.43.